The number of allylic oxidation sites excluding steroid dienone is 1. The zero-order valence-corrected chi connectivity index (χ0v) is 21.6. The van der Waals surface area contributed by atoms with E-state index in [-0.39, 0.29) is 25.3 Å². The van der Waals surface area contributed by atoms with Crippen LogP contribution in [0, 0.1) is 11.6 Å². The van der Waals surface area contributed by atoms with Crippen molar-refractivity contribution in [1.29, 1.82) is 0 Å². The van der Waals surface area contributed by atoms with Gasteiger partial charge in [0.2, 0.25) is 0 Å². The van der Waals surface area contributed by atoms with Gasteiger partial charge in [-0.25, -0.2) is 32.7 Å². The van der Waals surface area contributed by atoms with E-state index in [2.05, 4.69) is 26.7 Å². The number of phosphoric ester groups is 1. The minimum absolute atomic E-state index is 0.0150. The fourth-order valence-corrected chi connectivity index (χ4v) is 5.11. The van der Waals surface area contributed by atoms with Crippen LogP contribution < -0.4 is 0 Å². The summed E-state index contributed by atoms with van der Waals surface area (Å²) < 4.78 is 55.5. The van der Waals surface area contributed by atoms with Crippen LogP contribution >= 0.6 is 7.82 Å². The number of hydrogen-bond donors (Lipinski definition) is 1. The minimum atomic E-state index is -4.71. The summed E-state index contributed by atoms with van der Waals surface area (Å²) in [5, 5.41) is 8.05. The molecule has 1 atom stereocenters. The van der Waals surface area contributed by atoms with E-state index in [0.29, 0.717) is 12.5 Å². The number of halogens is 2. The second-order valence-corrected chi connectivity index (χ2v) is 10.1. The van der Waals surface area contributed by atoms with Gasteiger partial charge in [0, 0.05) is 11.6 Å². The van der Waals surface area contributed by atoms with Crippen molar-refractivity contribution in [3.8, 4) is 0 Å². The van der Waals surface area contributed by atoms with Crippen molar-refractivity contribution in [3.05, 3.63) is 73.4 Å². The minimum Gasteiger partial charge on any atom is -0.302 e. The van der Waals surface area contributed by atoms with E-state index >= 15 is 4.39 Å². The summed E-state index contributed by atoms with van der Waals surface area (Å²) in [5.74, 6) is -1.77. The molecule has 3 aromatic rings. The van der Waals surface area contributed by atoms with Gasteiger partial charge in [-0.1, -0.05) is 44.2 Å². The van der Waals surface area contributed by atoms with Crippen LogP contribution in [0.15, 0.2) is 56.2 Å². The van der Waals surface area contributed by atoms with Gasteiger partial charge in [-0.15, -0.1) is 6.58 Å². The molecule has 0 spiro atoms. The van der Waals surface area contributed by atoms with Crippen molar-refractivity contribution in [2.75, 3.05) is 6.61 Å². The van der Waals surface area contributed by atoms with Crippen LogP contribution in [0.3, 0.4) is 0 Å². The van der Waals surface area contributed by atoms with Gasteiger partial charge >= 0.3 is 7.82 Å². The van der Waals surface area contributed by atoms with Crippen LogP contribution in [-0.2, 0) is 32.3 Å². The van der Waals surface area contributed by atoms with E-state index < -0.39 is 25.1 Å². The van der Waals surface area contributed by atoms with E-state index in [4.69, 9.17) is 9.05 Å². The molecule has 2 aromatic heterocycles. The largest absolute Gasteiger partial charge is 0.473 e. The number of aromatic nitrogens is 6. The first-order valence-electron chi connectivity index (χ1n) is 12.2. The first-order valence-corrected chi connectivity index (χ1v) is 13.7. The van der Waals surface area contributed by atoms with Gasteiger partial charge in [-0.3, -0.25) is 9.05 Å². The molecule has 0 saturated carbocycles. The molecular weight excluding hydrogens is 505 g/mol. The van der Waals surface area contributed by atoms with E-state index in [1.54, 1.807) is 0 Å². The van der Waals surface area contributed by atoms with Crippen LogP contribution in [0.2, 0.25) is 0 Å². The summed E-state index contributed by atoms with van der Waals surface area (Å²) in [6.07, 6.45) is 15.0. The molecule has 0 amide bonds. The molecule has 0 aliphatic rings. The molecule has 1 unspecified atom stereocenters. The number of nitrogens with zero attached hydrogens (tertiary/aromatic N) is 6. The Morgan fingerprint density at radius 1 is 0.973 bits per heavy atom. The van der Waals surface area contributed by atoms with E-state index in [0.717, 1.165) is 57.1 Å². The number of phosphoric acid groups is 1. The Labute approximate surface area is 215 Å². The molecule has 0 aliphatic heterocycles. The molecule has 1 N–H and O–H groups in total. The smallest absolute Gasteiger partial charge is 0.302 e. The lowest BCUT2D eigenvalue weighted by atomic mass is 9.93. The van der Waals surface area contributed by atoms with Crippen molar-refractivity contribution in [1.82, 2.24) is 29.5 Å². The van der Waals surface area contributed by atoms with Crippen LogP contribution in [-0.4, -0.2) is 41.0 Å². The molecule has 3 rings (SSSR count). The maximum absolute atomic E-state index is 15.1. The molecule has 13 heteroatoms. The Morgan fingerprint density at radius 2 is 1.57 bits per heavy atom. The molecule has 37 heavy (non-hydrogen) atoms. The van der Waals surface area contributed by atoms with Crippen molar-refractivity contribution in [2.45, 2.75) is 70.1 Å². The SMILES string of the molecule is C=CCCCCCCCCCOP(=O)(O)OC(Cn1cncn1)(Cn1cncn1)c1ccc(F)cc1F. The number of rotatable bonds is 18. The molecule has 2 heterocycles. The Balaban J connectivity index is 1.72. The van der Waals surface area contributed by atoms with Gasteiger partial charge < -0.3 is 4.89 Å². The first-order chi connectivity index (χ1) is 17.8. The summed E-state index contributed by atoms with van der Waals surface area (Å²) >= 11 is 0. The molecule has 0 radical (unpaired) electrons. The van der Waals surface area contributed by atoms with Gasteiger partial charge in [-0.05, 0) is 25.3 Å². The Kier molecular flexibility index (Phi) is 11.1. The molecular formula is C24H33F2N6O4P. The van der Waals surface area contributed by atoms with E-state index in [1.807, 2.05) is 6.08 Å². The normalized spacial score (nSPS) is 13.5. The summed E-state index contributed by atoms with van der Waals surface area (Å²) in [4.78, 5) is 18.4. The fraction of sp³-hybridized carbons (Fsp3) is 0.500. The predicted octanol–water partition coefficient (Wildman–Crippen LogP) is 5.18. The number of hydrogen-bond acceptors (Lipinski definition) is 7. The standard InChI is InChI=1S/C24H33F2N6O4P/c1-2-3-4-5-6-7-8-9-10-13-35-37(33,34)36-24(15-31-19-27-17-29-31,16-32-20-28-18-30-32)22-12-11-21(25)14-23(22)26/h2,11-12,14,17-20H,1,3-10,13,15-16H2,(H,33,34). The van der Waals surface area contributed by atoms with Crippen molar-refractivity contribution in [2.24, 2.45) is 0 Å². The Hall–Kier alpha value is -2.79. The fourth-order valence-electron chi connectivity index (χ4n) is 4.04. The average Bonchev–Trinajstić information content (AvgIpc) is 3.54. The zero-order chi connectivity index (χ0) is 26.6. The Morgan fingerprint density at radius 3 is 2.11 bits per heavy atom. The van der Waals surface area contributed by atoms with E-state index in [9.17, 15) is 13.8 Å². The summed E-state index contributed by atoms with van der Waals surface area (Å²) in [6, 6.07) is 2.88. The van der Waals surface area contributed by atoms with Crippen LogP contribution in [0.1, 0.15) is 56.9 Å². The second-order valence-electron chi connectivity index (χ2n) is 8.75. The van der Waals surface area contributed by atoms with Crippen molar-refractivity contribution >= 4 is 7.82 Å². The van der Waals surface area contributed by atoms with Crippen LogP contribution in [0.5, 0.6) is 0 Å². The molecule has 1 aromatic carbocycles. The first kappa shape index (κ1) is 28.8. The summed E-state index contributed by atoms with van der Waals surface area (Å²) in [7, 11) is -4.71. The highest BCUT2D eigenvalue weighted by atomic mass is 31.2. The van der Waals surface area contributed by atoms with Crippen LogP contribution in [0.25, 0.3) is 0 Å². The maximum atomic E-state index is 15.1. The van der Waals surface area contributed by atoms with Gasteiger partial charge in [0.25, 0.3) is 0 Å². The lowest BCUT2D eigenvalue weighted by molar-refractivity contribution is -0.0170. The third-order valence-corrected chi connectivity index (χ3v) is 6.88. The zero-order valence-electron chi connectivity index (χ0n) is 20.7. The molecule has 0 bridgehead atoms. The molecule has 0 aliphatic carbocycles. The lowest BCUT2D eigenvalue weighted by Crippen LogP contribution is -2.40. The highest BCUT2D eigenvalue weighted by Crippen LogP contribution is 2.52. The second kappa shape index (κ2) is 14.2. The van der Waals surface area contributed by atoms with Crippen molar-refractivity contribution < 1.29 is 27.3 Å². The summed E-state index contributed by atoms with van der Waals surface area (Å²) in [6.45, 7) is 3.22. The lowest BCUT2D eigenvalue weighted by Gasteiger charge is -2.35. The van der Waals surface area contributed by atoms with Gasteiger partial charge in [-0.2, -0.15) is 10.2 Å². The maximum Gasteiger partial charge on any atom is 0.473 e. The third-order valence-electron chi connectivity index (χ3n) is 5.79. The topological polar surface area (TPSA) is 117 Å². The van der Waals surface area contributed by atoms with Crippen LogP contribution in [0.4, 0.5) is 8.78 Å². The summed E-state index contributed by atoms with van der Waals surface area (Å²) in [5.41, 5.74) is -2.04. The number of benzene rings is 1. The number of unbranched alkanes of at least 4 members (excludes halogenated alkanes) is 7. The van der Waals surface area contributed by atoms with E-state index in [1.165, 1.54) is 34.7 Å². The Bertz CT molecular complexity index is 1090. The third kappa shape index (κ3) is 9.23. The average molecular weight is 539 g/mol. The highest BCUT2D eigenvalue weighted by Gasteiger charge is 2.44. The van der Waals surface area contributed by atoms with Gasteiger partial charge in [0.05, 0.1) is 19.7 Å². The quantitative estimate of drug-likeness (QED) is 0.134. The molecule has 0 saturated heterocycles. The molecule has 10 nitrogen and oxygen atoms in total. The molecule has 0 fully saturated rings. The monoisotopic (exact) mass is 538 g/mol. The predicted molar refractivity (Wildman–Crippen MR) is 132 cm³/mol. The molecule has 202 valence electrons. The highest BCUT2D eigenvalue weighted by molar-refractivity contribution is 7.47. The van der Waals surface area contributed by atoms with Crippen molar-refractivity contribution in [3.63, 3.8) is 0 Å². The van der Waals surface area contributed by atoms with Gasteiger partial charge in [0.15, 0.2) is 0 Å². The van der Waals surface area contributed by atoms with Gasteiger partial charge in [0.1, 0.15) is 42.5 Å².